The van der Waals surface area contributed by atoms with Crippen molar-refractivity contribution < 1.29 is 33.3 Å². The molecule has 4 rings (SSSR count). The summed E-state index contributed by atoms with van der Waals surface area (Å²) in [5, 5.41) is 0.603. The lowest BCUT2D eigenvalue weighted by Gasteiger charge is -2.40. The third-order valence-corrected chi connectivity index (χ3v) is 6.41. The summed E-state index contributed by atoms with van der Waals surface area (Å²) in [4.78, 5) is 53.6. The molecular formula is C25H25N3O8S. The molecule has 11 nitrogen and oxygen atoms in total. The summed E-state index contributed by atoms with van der Waals surface area (Å²) in [6.45, 7) is 3.46. The summed E-state index contributed by atoms with van der Waals surface area (Å²) < 4.78 is 23.4. The zero-order valence-electron chi connectivity index (χ0n) is 20.3. The topological polar surface area (TPSA) is 135 Å². The van der Waals surface area contributed by atoms with Crippen LogP contribution in [-0.4, -0.2) is 57.9 Å². The van der Waals surface area contributed by atoms with Gasteiger partial charge in [-0.25, -0.2) is 4.98 Å². The third kappa shape index (κ3) is 6.27. The molecule has 37 heavy (non-hydrogen) atoms. The molecule has 2 heterocycles. The number of rotatable bonds is 7. The van der Waals surface area contributed by atoms with E-state index in [0.717, 1.165) is 11.8 Å². The van der Waals surface area contributed by atoms with E-state index in [-0.39, 0.29) is 17.3 Å². The van der Waals surface area contributed by atoms with Gasteiger partial charge in [-0.15, -0.1) is 0 Å². The molecule has 0 bridgehead atoms. The lowest BCUT2D eigenvalue weighted by atomic mass is 10.1. The van der Waals surface area contributed by atoms with Gasteiger partial charge in [0.05, 0.1) is 23.2 Å². The van der Waals surface area contributed by atoms with E-state index in [9.17, 15) is 19.2 Å². The maximum atomic E-state index is 13.4. The third-order valence-electron chi connectivity index (χ3n) is 5.29. The molecule has 0 spiro atoms. The highest BCUT2D eigenvalue weighted by atomic mass is 32.2. The summed E-state index contributed by atoms with van der Waals surface area (Å²) in [6, 6.07) is 15.9. The first-order valence-corrected chi connectivity index (χ1v) is 12.2. The highest BCUT2D eigenvalue weighted by Crippen LogP contribution is 2.34. The Balaban J connectivity index is 1.75. The van der Waals surface area contributed by atoms with Gasteiger partial charge in [0, 0.05) is 20.8 Å². The van der Waals surface area contributed by atoms with Gasteiger partial charge >= 0.3 is 17.9 Å². The van der Waals surface area contributed by atoms with Crippen molar-refractivity contribution in [3.63, 3.8) is 0 Å². The number of nitrogens with zero attached hydrogens (tertiary/aromatic N) is 2. The number of fused-ring (bicyclic) bond motifs is 1. The van der Waals surface area contributed by atoms with Gasteiger partial charge in [0.15, 0.2) is 28.9 Å². The normalized spacial score (nSPS) is 21.2. The van der Waals surface area contributed by atoms with Crippen molar-refractivity contribution in [2.45, 2.75) is 49.7 Å². The Labute approximate surface area is 216 Å². The molecule has 4 atom stereocenters. The number of carbonyl (C=O) groups is 3. The molecule has 0 saturated carbocycles. The Morgan fingerprint density at radius 3 is 2.22 bits per heavy atom. The van der Waals surface area contributed by atoms with Crippen molar-refractivity contribution in [1.82, 2.24) is 9.66 Å². The molecule has 194 valence electrons. The van der Waals surface area contributed by atoms with Gasteiger partial charge in [0.25, 0.3) is 5.56 Å². The lowest BCUT2D eigenvalue weighted by molar-refractivity contribution is -0.213. The number of para-hydroxylation sites is 2. The Morgan fingerprint density at radius 2 is 1.54 bits per heavy atom. The first-order chi connectivity index (χ1) is 17.7. The minimum absolute atomic E-state index is 0.142. The summed E-state index contributed by atoms with van der Waals surface area (Å²) in [7, 11) is 0. The average Bonchev–Trinajstić information content (AvgIpc) is 2.85. The number of anilines is 1. The fourth-order valence-corrected chi connectivity index (χ4v) is 4.93. The quantitative estimate of drug-likeness (QED) is 0.276. The summed E-state index contributed by atoms with van der Waals surface area (Å²) in [5.74, 6) is -1.93. The van der Waals surface area contributed by atoms with E-state index in [1.165, 1.54) is 25.4 Å². The second kappa shape index (κ2) is 11.4. The van der Waals surface area contributed by atoms with Crippen molar-refractivity contribution in [2.75, 3.05) is 12.0 Å². The molecule has 1 saturated heterocycles. The summed E-state index contributed by atoms with van der Waals surface area (Å²) in [5.41, 5.74) is 2.83. The van der Waals surface area contributed by atoms with Crippen LogP contribution in [0.2, 0.25) is 0 Å². The van der Waals surface area contributed by atoms with Crippen molar-refractivity contribution in [3.8, 4) is 0 Å². The molecule has 0 unspecified atom stereocenters. The Hall–Kier alpha value is -3.90. The lowest BCUT2D eigenvalue weighted by Crippen LogP contribution is -2.56. The molecule has 1 aliphatic rings. The largest absolute Gasteiger partial charge is 0.456 e. The molecular weight excluding hydrogens is 502 g/mol. The van der Waals surface area contributed by atoms with Gasteiger partial charge in [0.2, 0.25) is 0 Å². The molecule has 0 amide bonds. The van der Waals surface area contributed by atoms with Crippen molar-refractivity contribution in [2.24, 2.45) is 0 Å². The van der Waals surface area contributed by atoms with Crippen LogP contribution >= 0.6 is 11.8 Å². The Bertz CT molecular complexity index is 1360. The highest BCUT2D eigenvalue weighted by Gasteiger charge is 2.47. The van der Waals surface area contributed by atoms with Gasteiger partial charge < -0.3 is 18.9 Å². The predicted octanol–water partition coefficient (Wildman–Crippen LogP) is 2.52. The number of carbonyl (C=O) groups excluding carboxylic acids is 3. The average molecular weight is 528 g/mol. The number of thioether (sulfide) groups is 1. The van der Waals surface area contributed by atoms with Gasteiger partial charge in [-0.1, -0.05) is 42.1 Å². The number of nitrogens with one attached hydrogen (secondary N) is 1. The van der Waals surface area contributed by atoms with Gasteiger partial charge in [-0.2, -0.15) is 4.68 Å². The van der Waals surface area contributed by atoms with E-state index in [0.29, 0.717) is 16.6 Å². The van der Waals surface area contributed by atoms with Crippen LogP contribution in [0.3, 0.4) is 0 Å². The van der Waals surface area contributed by atoms with Crippen LogP contribution < -0.4 is 11.0 Å². The van der Waals surface area contributed by atoms with Gasteiger partial charge in [-0.05, 0) is 24.3 Å². The fourth-order valence-electron chi connectivity index (χ4n) is 3.85. The molecule has 12 heteroatoms. The van der Waals surface area contributed by atoms with E-state index in [1.807, 2.05) is 18.2 Å². The van der Waals surface area contributed by atoms with E-state index in [2.05, 4.69) is 10.4 Å². The van der Waals surface area contributed by atoms with Gasteiger partial charge in [-0.3, -0.25) is 24.6 Å². The zero-order valence-corrected chi connectivity index (χ0v) is 21.1. The molecule has 1 aromatic heterocycles. The number of esters is 3. The number of hydrogen-bond donors (Lipinski definition) is 1. The molecule has 3 aromatic rings. The summed E-state index contributed by atoms with van der Waals surface area (Å²) >= 11 is 0.999. The fraction of sp³-hybridized carbons (Fsp3) is 0.320. The van der Waals surface area contributed by atoms with Crippen LogP contribution in [0.5, 0.6) is 0 Å². The molecule has 0 aliphatic carbocycles. The van der Waals surface area contributed by atoms with Crippen molar-refractivity contribution >= 4 is 46.3 Å². The maximum Gasteiger partial charge on any atom is 0.303 e. The van der Waals surface area contributed by atoms with Crippen LogP contribution in [-0.2, 0) is 33.3 Å². The monoisotopic (exact) mass is 527 g/mol. The predicted molar refractivity (Wildman–Crippen MR) is 134 cm³/mol. The smallest absolute Gasteiger partial charge is 0.303 e. The second-order valence-electron chi connectivity index (χ2n) is 8.15. The van der Waals surface area contributed by atoms with Crippen molar-refractivity contribution in [3.05, 3.63) is 65.0 Å². The standard InChI is InChI=1S/C25H25N3O8S/c1-14(29)34-20-13-33-24(22(36-16(3)31)21(20)35-15(2)30)37-25-26-19-12-8-7-11-18(19)23(32)28(25)27-17-9-5-4-6-10-17/h4-12,20-22,24,27H,13H2,1-3H3/t20-,21+,22-,24+/m1/s1. The molecule has 1 aliphatic heterocycles. The molecule has 0 radical (unpaired) electrons. The Kier molecular flexibility index (Phi) is 8.09. The van der Waals surface area contributed by atoms with E-state index in [1.54, 1.807) is 36.4 Å². The van der Waals surface area contributed by atoms with Crippen LogP contribution in [0.4, 0.5) is 5.69 Å². The van der Waals surface area contributed by atoms with E-state index < -0.39 is 41.7 Å². The number of ether oxygens (including phenoxy) is 4. The first-order valence-electron chi connectivity index (χ1n) is 11.4. The van der Waals surface area contributed by atoms with Crippen LogP contribution in [0.25, 0.3) is 10.9 Å². The molecule has 1 N–H and O–H groups in total. The van der Waals surface area contributed by atoms with Crippen LogP contribution in [0.1, 0.15) is 20.8 Å². The van der Waals surface area contributed by atoms with E-state index >= 15 is 0 Å². The Morgan fingerprint density at radius 1 is 0.919 bits per heavy atom. The minimum atomic E-state index is -1.17. The highest BCUT2D eigenvalue weighted by molar-refractivity contribution is 7.99. The molecule has 1 fully saturated rings. The molecule has 2 aromatic carbocycles. The maximum absolute atomic E-state index is 13.4. The summed E-state index contributed by atoms with van der Waals surface area (Å²) in [6.07, 6.45) is -3.31. The first kappa shape index (κ1) is 26.2. The number of aromatic nitrogens is 2. The van der Waals surface area contributed by atoms with Crippen LogP contribution in [0.15, 0.2) is 64.5 Å². The SMILES string of the molecule is CC(=O)O[C@@H]1[C@@H](OC(C)=O)[C@H](Sc2nc3ccccc3c(=O)n2Nc2ccccc2)OC[C@H]1OC(C)=O. The van der Waals surface area contributed by atoms with Gasteiger partial charge in [0.1, 0.15) is 0 Å². The minimum Gasteiger partial charge on any atom is -0.456 e. The number of hydrogen-bond acceptors (Lipinski definition) is 11. The number of benzene rings is 2. The van der Waals surface area contributed by atoms with Crippen molar-refractivity contribution in [1.29, 1.82) is 0 Å². The van der Waals surface area contributed by atoms with E-state index in [4.69, 9.17) is 18.9 Å². The van der Waals surface area contributed by atoms with Crippen LogP contribution in [0, 0.1) is 0 Å². The zero-order chi connectivity index (χ0) is 26.5. The second-order valence-corrected chi connectivity index (χ2v) is 9.21.